The maximum atomic E-state index is 10.7. The molecule has 1 N–H and O–H groups in total. The molecule has 2 rings (SSSR count). The number of anilines is 1. The molecule has 0 saturated carbocycles. The van der Waals surface area contributed by atoms with Crippen molar-refractivity contribution in [2.24, 2.45) is 0 Å². The molecular formula is C9H12N2O2S. The molecule has 0 atom stereocenters. The fourth-order valence-electron chi connectivity index (χ4n) is 1.59. The highest BCUT2D eigenvalue weighted by atomic mass is 32.1. The predicted octanol–water partition coefficient (Wildman–Crippen LogP) is 1.55. The Morgan fingerprint density at radius 2 is 2.07 bits per heavy atom. The molecule has 0 unspecified atom stereocenters. The fraction of sp³-hybridized carbons (Fsp3) is 0.444. The third-order valence-corrected chi connectivity index (χ3v) is 3.09. The number of amides is 1. The summed E-state index contributed by atoms with van der Waals surface area (Å²) < 4.78 is 0. The molecule has 2 heterocycles. The van der Waals surface area contributed by atoms with Crippen molar-refractivity contribution in [3.63, 3.8) is 0 Å². The van der Waals surface area contributed by atoms with Crippen molar-refractivity contribution in [3.8, 4) is 0 Å². The lowest BCUT2D eigenvalue weighted by Gasteiger charge is -2.33. The first kappa shape index (κ1) is 9.33. The molecule has 1 aliphatic heterocycles. The van der Waals surface area contributed by atoms with Crippen molar-refractivity contribution in [1.82, 2.24) is 4.90 Å². The van der Waals surface area contributed by atoms with Gasteiger partial charge in [-0.1, -0.05) is 0 Å². The number of rotatable bonds is 1. The molecule has 0 radical (unpaired) electrons. The van der Waals surface area contributed by atoms with Gasteiger partial charge < -0.3 is 14.9 Å². The number of piperazine rings is 1. The van der Waals surface area contributed by atoms with E-state index >= 15 is 0 Å². The van der Waals surface area contributed by atoms with Crippen LogP contribution in [0.3, 0.4) is 0 Å². The number of thiophene rings is 1. The lowest BCUT2D eigenvalue weighted by molar-refractivity contribution is 0.142. The Balaban J connectivity index is 1.93. The summed E-state index contributed by atoms with van der Waals surface area (Å²) in [5.41, 5.74) is 1.21. The number of carbonyl (C=O) groups is 1. The van der Waals surface area contributed by atoms with Gasteiger partial charge in [-0.15, -0.1) is 0 Å². The zero-order chi connectivity index (χ0) is 9.97. The average molecular weight is 212 g/mol. The highest BCUT2D eigenvalue weighted by Crippen LogP contribution is 2.19. The van der Waals surface area contributed by atoms with Gasteiger partial charge in [0.1, 0.15) is 0 Å². The number of hydrogen-bond acceptors (Lipinski definition) is 3. The third-order valence-electron chi connectivity index (χ3n) is 2.42. The molecule has 0 spiro atoms. The molecule has 1 amide bonds. The van der Waals surface area contributed by atoms with E-state index in [1.165, 1.54) is 10.6 Å². The van der Waals surface area contributed by atoms with E-state index in [2.05, 4.69) is 16.3 Å². The Morgan fingerprint density at radius 3 is 2.57 bits per heavy atom. The summed E-state index contributed by atoms with van der Waals surface area (Å²) >= 11 is 1.67. The van der Waals surface area contributed by atoms with Gasteiger partial charge in [-0.3, -0.25) is 0 Å². The van der Waals surface area contributed by atoms with E-state index in [1.807, 2.05) is 5.38 Å². The lowest BCUT2D eigenvalue weighted by atomic mass is 10.3. The van der Waals surface area contributed by atoms with Crippen LogP contribution in [0.15, 0.2) is 16.8 Å². The van der Waals surface area contributed by atoms with E-state index in [-0.39, 0.29) is 0 Å². The van der Waals surface area contributed by atoms with Gasteiger partial charge in [0.15, 0.2) is 0 Å². The molecule has 1 aliphatic rings. The van der Waals surface area contributed by atoms with Crippen LogP contribution in [0, 0.1) is 0 Å². The smallest absolute Gasteiger partial charge is 0.407 e. The first-order chi connectivity index (χ1) is 6.77. The maximum absolute atomic E-state index is 10.7. The number of carboxylic acid groups (broad SMARTS) is 1. The van der Waals surface area contributed by atoms with Gasteiger partial charge in [-0.2, -0.15) is 11.3 Å². The monoisotopic (exact) mass is 212 g/mol. The van der Waals surface area contributed by atoms with Gasteiger partial charge in [0, 0.05) is 37.2 Å². The summed E-state index contributed by atoms with van der Waals surface area (Å²) in [6, 6.07) is 2.07. The summed E-state index contributed by atoms with van der Waals surface area (Å²) in [7, 11) is 0. The Bertz CT molecular complexity index is 305. The van der Waals surface area contributed by atoms with Crippen molar-refractivity contribution in [2.45, 2.75) is 0 Å². The molecule has 1 aromatic heterocycles. The van der Waals surface area contributed by atoms with Crippen LogP contribution in [0.4, 0.5) is 10.5 Å². The zero-order valence-corrected chi connectivity index (χ0v) is 8.54. The van der Waals surface area contributed by atoms with E-state index in [4.69, 9.17) is 5.11 Å². The van der Waals surface area contributed by atoms with Gasteiger partial charge >= 0.3 is 6.09 Å². The topological polar surface area (TPSA) is 43.8 Å². The second kappa shape index (κ2) is 3.88. The first-order valence-electron chi connectivity index (χ1n) is 4.52. The predicted molar refractivity (Wildman–Crippen MR) is 56.1 cm³/mol. The largest absolute Gasteiger partial charge is 0.465 e. The third kappa shape index (κ3) is 1.82. The minimum absolute atomic E-state index is 0.602. The standard InChI is InChI=1S/C9H12N2O2S/c12-9(13)11-4-2-10(3-5-11)8-1-6-14-7-8/h1,6-7H,2-5H2,(H,12,13). The molecule has 0 aliphatic carbocycles. The van der Waals surface area contributed by atoms with Gasteiger partial charge in [0.2, 0.25) is 0 Å². The first-order valence-corrected chi connectivity index (χ1v) is 5.46. The SMILES string of the molecule is O=C(O)N1CCN(c2ccsc2)CC1. The molecule has 0 aromatic carbocycles. The summed E-state index contributed by atoms with van der Waals surface area (Å²) in [5, 5.41) is 12.9. The van der Waals surface area contributed by atoms with Crippen LogP contribution >= 0.6 is 11.3 Å². The van der Waals surface area contributed by atoms with Crippen molar-refractivity contribution in [1.29, 1.82) is 0 Å². The van der Waals surface area contributed by atoms with Crippen LogP contribution in [-0.4, -0.2) is 42.3 Å². The van der Waals surface area contributed by atoms with Crippen LogP contribution in [0.25, 0.3) is 0 Å². The number of hydrogen-bond donors (Lipinski definition) is 1. The Hall–Kier alpha value is -1.23. The molecule has 0 bridgehead atoms. The summed E-state index contributed by atoms with van der Waals surface area (Å²) in [6.45, 7) is 2.79. The summed E-state index contributed by atoms with van der Waals surface area (Å²) in [6.07, 6.45) is -0.810. The van der Waals surface area contributed by atoms with E-state index in [9.17, 15) is 4.79 Å². The van der Waals surface area contributed by atoms with Crippen LogP contribution in [-0.2, 0) is 0 Å². The second-order valence-electron chi connectivity index (χ2n) is 3.24. The van der Waals surface area contributed by atoms with Gasteiger partial charge in [-0.05, 0) is 11.4 Å². The average Bonchev–Trinajstić information content (AvgIpc) is 2.71. The van der Waals surface area contributed by atoms with Crippen LogP contribution < -0.4 is 4.90 Å². The Kier molecular flexibility index (Phi) is 2.58. The molecule has 5 heteroatoms. The van der Waals surface area contributed by atoms with Crippen molar-refractivity contribution < 1.29 is 9.90 Å². The minimum atomic E-state index is -0.810. The molecule has 14 heavy (non-hydrogen) atoms. The molecule has 76 valence electrons. The number of nitrogens with zero attached hydrogens (tertiary/aromatic N) is 2. The fourth-order valence-corrected chi connectivity index (χ4v) is 2.26. The van der Waals surface area contributed by atoms with E-state index in [0.29, 0.717) is 13.1 Å². The highest BCUT2D eigenvalue weighted by Gasteiger charge is 2.20. The van der Waals surface area contributed by atoms with Crippen LogP contribution in [0.2, 0.25) is 0 Å². The highest BCUT2D eigenvalue weighted by molar-refractivity contribution is 7.08. The maximum Gasteiger partial charge on any atom is 0.407 e. The zero-order valence-electron chi connectivity index (χ0n) is 7.72. The molecular weight excluding hydrogens is 200 g/mol. The van der Waals surface area contributed by atoms with Crippen molar-refractivity contribution in [2.75, 3.05) is 31.1 Å². The van der Waals surface area contributed by atoms with Crippen molar-refractivity contribution in [3.05, 3.63) is 16.8 Å². The van der Waals surface area contributed by atoms with E-state index in [1.54, 1.807) is 11.3 Å². The molecule has 4 nitrogen and oxygen atoms in total. The minimum Gasteiger partial charge on any atom is -0.465 e. The quantitative estimate of drug-likeness (QED) is 0.768. The van der Waals surface area contributed by atoms with Gasteiger partial charge in [0.25, 0.3) is 0 Å². The van der Waals surface area contributed by atoms with Gasteiger partial charge in [0.05, 0.1) is 0 Å². The van der Waals surface area contributed by atoms with Crippen LogP contribution in [0.5, 0.6) is 0 Å². The van der Waals surface area contributed by atoms with Gasteiger partial charge in [-0.25, -0.2) is 4.79 Å². The van der Waals surface area contributed by atoms with E-state index < -0.39 is 6.09 Å². The molecule has 1 aromatic rings. The summed E-state index contributed by atoms with van der Waals surface area (Å²) in [4.78, 5) is 14.3. The van der Waals surface area contributed by atoms with E-state index in [0.717, 1.165) is 13.1 Å². The molecule has 1 saturated heterocycles. The lowest BCUT2D eigenvalue weighted by Crippen LogP contribution is -2.48. The van der Waals surface area contributed by atoms with Crippen LogP contribution in [0.1, 0.15) is 0 Å². The summed E-state index contributed by atoms with van der Waals surface area (Å²) in [5.74, 6) is 0. The van der Waals surface area contributed by atoms with Crippen molar-refractivity contribution >= 4 is 23.1 Å². The Labute approximate surface area is 86.4 Å². The molecule has 1 fully saturated rings. The Morgan fingerprint density at radius 1 is 1.36 bits per heavy atom. The second-order valence-corrected chi connectivity index (χ2v) is 4.02. The normalized spacial score (nSPS) is 17.1.